The van der Waals surface area contributed by atoms with E-state index >= 15 is 0 Å². The molecule has 0 atom stereocenters. The Labute approximate surface area is 286 Å². The molecule has 0 fully saturated rings. The Bertz CT molecular complexity index is 1160. The fourth-order valence-corrected chi connectivity index (χ4v) is 3.61. The van der Waals surface area contributed by atoms with E-state index in [0.717, 1.165) is 45.1 Å². The van der Waals surface area contributed by atoms with Crippen LogP contribution < -0.4 is 48.3 Å². The summed E-state index contributed by atoms with van der Waals surface area (Å²) in [6.45, 7) is 4.07. The molecule has 15 nitrogen and oxygen atoms in total. The lowest BCUT2D eigenvalue weighted by Crippen LogP contribution is -2.43. The van der Waals surface area contributed by atoms with Gasteiger partial charge in [0.1, 0.15) is 0 Å². The van der Waals surface area contributed by atoms with Gasteiger partial charge in [0, 0.05) is 41.1 Å². The number of benzene rings is 2. The molecule has 46 heavy (non-hydrogen) atoms. The minimum atomic E-state index is -0.209. The van der Waals surface area contributed by atoms with Crippen molar-refractivity contribution in [1.82, 2.24) is 31.9 Å². The Morgan fingerprint density at radius 1 is 0.543 bits per heavy atom. The lowest BCUT2D eigenvalue weighted by atomic mass is 10.2. The molecule has 0 unspecified atom stereocenters. The molecule has 0 aromatic heterocycles. The number of hydrogen-bond acceptors (Lipinski definition) is 6. The summed E-state index contributed by atoms with van der Waals surface area (Å²) < 4.78 is 0. The zero-order valence-electron chi connectivity index (χ0n) is 25.7. The minimum absolute atomic E-state index is 0. The number of nitrogens with two attached hydrogens (primary N) is 1. The van der Waals surface area contributed by atoms with Gasteiger partial charge < -0.3 is 32.3 Å². The van der Waals surface area contributed by atoms with Crippen LogP contribution in [-0.4, -0.2) is 55.4 Å². The molecule has 0 aliphatic carbocycles. The first-order valence-electron chi connectivity index (χ1n) is 14.3. The standard InChI is InChI=1S/C22H30Cl2N10.C6H15N5.ClH/c23-15-5-9-17(10-6-15)31-21(27)33-19(25)29-13-3-1-2-4-14-30-20(26)34-22(28)32-18-11-7-16(24)8-12-18;1-2-3-4-10-6(9)11-5(7)8;/h5-12H,1-4,13-14H2,(H5,25,27,29,31,33)(H5,26,28,30,32,34);2-4H2,1H3,(H6,7,8,9,10,11);1H. The fourth-order valence-electron chi connectivity index (χ4n) is 3.36. The van der Waals surface area contributed by atoms with Gasteiger partial charge >= 0.3 is 0 Å². The van der Waals surface area contributed by atoms with Crippen LogP contribution in [0.25, 0.3) is 0 Å². The van der Waals surface area contributed by atoms with Crippen molar-refractivity contribution in [2.24, 2.45) is 5.73 Å². The van der Waals surface area contributed by atoms with Crippen LogP contribution in [0.2, 0.25) is 10.0 Å². The molecule has 2 aromatic rings. The first-order chi connectivity index (χ1) is 21.5. The van der Waals surface area contributed by atoms with Gasteiger partial charge in [-0.15, -0.1) is 12.4 Å². The van der Waals surface area contributed by atoms with Gasteiger partial charge in [0.25, 0.3) is 0 Å². The van der Waals surface area contributed by atoms with Crippen LogP contribution in [0.3, 0.4) is 0 Å². The van der Waals surface area contributed by atoms with E-state index < -0.39 is 0 Å². The highest BCUT2D eigenvalue weighted by molar-refractivity contribution is 6.31. The quantitative estimate of drug-likeness (QED) is 0.0850. The number of halogens is 3. The summed E-state index contributed by atoms with van der Waals surface area (Å²) in [6.07, 6.45) is 5.80. The molecule has 254 valence electrons. The van der Waals surface area contributed by atoms with Crippen LogP contribution in [0, 0.1) is 32.5 Å². The summed E-state index contributed by atoms with van der Waals surface area (Å²) in [7, 11) is 0. The van der Waals surface area contributed by atoms with Crippen molar-refractivity contribution < 1.29 is 0 Å². The highest BCUT2D eigenvalue weighted by Crippen LogP contribution is 2.13. The largest absolute Gasteiger partial charge is 0.370 e. The predicted octanol–water partition coefficient (Wildman–Crippen LogP) is 4.39. The molecule has 0 spiro atoms. The number of anilines is 2. The molecule has 0 saturated carbocycles. The number of guanidine groups is 6. The van der Waals surface area contributed by atoms with E-state index in [2.05, 4.69) is 49.5 Å². The summed E-state index contributed by atoms with van der Waals surface area (Å²) in [5.41, 5.74) is 6.41. The second kappa shape index (κ2) is 24.8. The summed E-state index contributed by atoms with van der Waals surface area (Å²) >= 11 is 11.7. The molecule has 0 saturated heterocycles. The van der Waals surface area contributed by atoms with Gasteiger partial charge in [0.05, 0.1) is 0 Å². The van der Waals surface area contributed by atoms with Gasteiger partial charge in [0.2, 0.25) is 0 Å². The second-order valence-corrected chi connectivity index (χ2v) is 10.3. The first kappa shape index (κ1) is 41.5. The van der Waals surface area contributed by atoms with Gasteiger partial charge in [-0.1, -0.05) is 49.4 Å². The van der Waals surface area contributed by atoms with Gasteiger partial charge in [-0.25, -0.2) is 0 Å². The Balaban J connectivity index is 0.00000144. The lowest BCUT2D eigenvalue weighted by Gasteiger charge is -2.13. The molecule has 2 aromatic carbocycles. The molecular weight excluding hydrogens is 653 g/mol. The van der Waals surface area contributed by atoms with Gasteiger partial charge in [-0.05, 0) is 67.8 Å². The van der Waals surface area contributed by atoms with Crippen LogP contribution in [0.1, 0.15) is 45.4 Å². The zero-order chi connectivity index (χ0) is 33.5. The third-order valence-electron chi connectivity index (χ3n) is 5.53. The smallest absolute Gasteiger partial charge is 0.199 e. The van der Waals surface area contributed by atoms with Crippen molar-refractivity contribution in [1.29, 1.82) is 32.5 Å². The van der Waals surface area contributed by atoms with Crippen LogP contribution in [0.15, 0.2) is 48.5 Å². The van der Waals surface area contributed by atoms with E-state index in [-0.39, 0.29) is 48.2 Å². The van der Waals surface area contributed by atoms with Gasteiger partial charge in [-0.2, -0.15) is 0 Å². The van der Waals surface area contributed by atoms with Crippen molar-refractivity contribution in [2.45, 2.75) is 45.4 Å². The molecule has 0 bridgehead atoms. The summed E-state index contributed by atoms with van der Waals surface area (Å²) in [4.78, 5) is 0. The van der Waals surface area contributed by atoms with E-state index in [1.165, 1.54) is 0 Å². The van der Waals surface area contributed by atoms with Crippen molar-refractivity contribution in [3.05, 3.63) is 58.6 Å². The maximum atomic E-state index is 7.86. The highest BCUT2D eigenvalue weighted by atomic mass is 35.5. The predicted molar refractivity (Wildman–Crippen MR) is 195 cm³/mol. The van der Waals surface area contributed by atoms with E-state index in [9.17, 15) is 0 Å². The Morgan fingerprint density at radius 3 is 1.24 bits per heavy atom. The number of unbranched alkanes of at least 4 members (excludes halogenated alkanes) is 4. The number of hydrogen-bond donors (Lipinski definition) is 15. The van der Waals surface area contributed by atoms with E-state index in [1.807, 2.05) is 0 Å². The Morgan fingerprint density at radius 2 is 0.891 bits per heavy atom. The zero-order valence-corrected chi connectivity index (χ0v) is 28.1. The topological polar surface area (TPSA) is 265 Å². The summed E-state index contributed by atoms with van der Waals surface area (Å²) in [5, 5.41) is 68.5. The monoisotopic (exact) mass is 697 g/mol. The highest BCUT2D eigenvalue weighted by Gasteiger charge is 2.03. The molecular formula is C28H46Cl3N15. The van der Waals surface area contributed by atoms with Crippen LogP contribution in [0.5, 0.6) is 0 Å². The maximum Gasteiger partial charge on any atom is 0.199 e. The molecule has 0 heterocycles. The fraction of sp³-hybridized carbons (Fsp3) is 0.357. The van der Waals surface area contributed by atoms with Gasteiger partial charge in [0.15, 0.2) is 35.8 Å². The van der Waals surface area contributed by atoms with Crippen LogP contribution >= 0.6 is 35.6 Å². The Hall–Kier alpha value is -4.47. The molecule has 0 amide bonds. The van der Waals surface area contributed by atoms with Crippen molar-refractivity contribution in [3.63, 3.8) is 0 Å². The molecule has 0 aliphatic rings. The molecule has 18 heteroatoms. The molecule has 0 aliphatic heterocycles. The van der Waals surface area contributed by atoms with E-state index in [0.29, 0.717) is 34.5 Å². The van der Waals surface area contributed by atoms with Crippen molar-refractivity contribution in [2.75, 3.05) is 30.3 Å². The number of nitrogens with one attached hydrogen (secondary N) is 14. The average Bonchev–Trinajstić information content (AvgIpc) is 2.97. The lowest BCUT2D eigenvalue weighted by molar-refractivity contribution is 0.619. The minimum Gasteiger partial charge on any atom is -0.370 e. The first-order valence-corrected chi connectivity index (χ1v) is 15.1. The van der Waals surface area contributed by atoms with E-state index in [1.54, 1.807) is 48.5 Å². The van der Waals surface area contributed by atoms with Crippen LogP contribution in [-0.2, 0) is 0 Å². The SMILES string of the molecule is CCCCNC(=N)NC(=N)N.Cl.N=C(NCCCCCCNC(=N)NC(=N)Nc1ccc(Cl)cc1)NC(=N)Nc1ccc(Cl)cc1. The average molecular weight is 699 g/mol. The maximum absolute atomic E-state index is 7.86. The summed E-state index contributed by atoms with van der Waals surface area (Å²) in [6, 6.07) is 13.9. The van der Waals surface area contributed by atoms with Crippen molar-refractivity contribution in [3.8, 4) is 0 Å². The van der Waals surface area contributed by atoms with E-state index in [4.69, 9.17) is 61.4 Å². The number of rotatable bonds is 12. The molecule has 0 radical (unpaired) electrons. The summed E-state index contributed by atoms with van der Waals surface area (Å²) in [5.74, 6) is -0.00799. The van der Waals surface area contributed by atoms with Crippen LogP contribution in [0.4, 0.5) is 11.4 Å². The van der Waals surface area contributed by atoms with Crippen molar-refractivity contribution >= 4 is 82.7 Å². The third kappa shape index (κ3) is 22.1. The normalized spacial score (nSPS) is 9.54. The third-order valence-corrected chi connectivity index (χ3v) is 6.03. The second-order valence-electron chi connectivity index (χ2n) is 9.48. The Kier molecular flexibility index (Phi) is 22.4. The molecule has 2 rings (SSSR count). The van der Waals surface area contributed by atoms with Gasteiger partial charge in [-0.3, -0.25) is 48.4 Å². The molecule has 16 N–H and O–H groups in total.